The number of amides is 2. The number of hydrogen-bond donors (Lipinski definition) is 1. The number of piperidine rings is 1. The van der Waals surface area contributed by atoms with Crippen LogP contribution in [0.1, 0.15) is 24.0 Å². The number of rotatable bonds is 6. The number of fused-ring (bicyclic) bond motifs is 1. The Morgan fingerprint density at radius 1 is 0.921 bits per heavy atom. The third-order valence-electron chi connectivity index (χ3n) is 7.10. The number of para-hydroxylation sites is 2. The number of carbonyl (C=O) groups is 2. The Hall–Kier alpha value is -3.69. The largest absolute Gasteiger partial charge is 0.477 e. The van der Waals surface area contributed by atoms with E-state index in [0.717, 1.165) is 11.1 Å². The molecule has 2 amide bonds. The van der Waals surface area contributed by atoms with E-state index in [1.54, 1.807) is 41.3 Å². The Kier molecular flexibility index (Phi) is 7.49. The molecule has 3 aromatic rings. The summed E-state index contributed by atoms with van der Waals surface area (Å²) in [7, 11) is -3.62. The van der Waals surface area contributed by atoms with Gasteiger partial charge in [0.1, 0.15) is 5.75 Å². The van der Waals surface area contributed by atoms with E-state index in [2.05, 4.69) is 5.32 Å². The average molecular weight is 534 g/mol. The van der Waals surface area contributed by atoms with Gasteiger partial charge in [-0.15, -0.1) is 0 Å². The Morgan fingerprint density at radius 2 is 1.58 bits per heavy atom. The number of benzene rings is 3. The Labute approximate surface area is 223 Å². The van der Waals surface area contributed by atoms with E-state index in [9.17, 15) is 18.0 Å². The smallest absolute Gasteiger partial charge is 0.263 e. The van der Waals surface area contributed by atoms with Gasteiger partial charge < -0.3 is 15.0 Å². The third kappa shape index (κ3) is 5.44. The van der Waals surface area contributed by atoms with E-state index in [-0.39, 0.29) is 42.3 Å². The maximum absolute atomic E-state index is 13.7. The number of nitrogens with one attached hydrogen (secondary N) is 1. The van der Waals surface area contributed by atoms with Gasteiger partial charge in [-0.1, -0.05) is 60.2 Å². The second kappa shape index (κ2) is 11.0. The highest BCUT2D eigenvalue weighted by molar-refractivity contribution is 7.89. The Balaban J connectivity index is 1.26. The first kappa shape index (κ1) is 25.9. The molecule has 0 spiro atoms. The van der Waals surface area contributed by atoms with E-state index in [1.165, 1.54) is 4.31 Å². The molecular weight excluding hydrogens is 502 g/mol. The van der Waals surface area contributed by atoms with Crippen LogP contribution in [0.15, 0.2) is 83.8 Å². The fraction of sp³-hybridized carbons (Fsp3) is 0.310. The highest BCUT2D eigenvalue weighted by Crippen LogP contribution is 2.35. The molecule has 8 nitrogen and oxygen atoms in total. The molecule has 1 fully saturated rings. The minimum absolute atomic E-state index is 0.0956. The van der Waals surface area contributed by atoms with Crippen LogP contribution in [0, 0.1) is 12.8 Å². The molecule has 0 aromatic heterocycles. The molecule has 0 saturated carbocycles. The first-order valence-corrected chi connectivity index (χ1v) is 14.2. The summed E-state index contributed by atoms with van der Waals surface area (Å²) in [6, 6.07) is 23.6. The van der Waals surface area contributed by atoms with Crippen molar-refractivity contribution in [1.82, 2.24) is 9.62 Å². The van der Waals surface area contributed by atoms with Crippen LogP contribution in [-0.4, -0.2) is 50.3 Å². The van der Waals surface area contributed by atoms with Crippen LogP contribution in [0.3, 0.4) is 0 Å². The molecule has 2 aliphatic heterocycles. The van der Waals surface area contributed by atoms with Gasteiger partial charge in [-0.25, -0.2) is 8.42 Å². The molecular formula is C29H31N3O5S. The summed E-state index contributed by atoms with van der Waals surface area (Å²) in [5, 5.41) is 2.90. The van der Waals surface area contributed by atoms with Gasteiger partial charge in [-0.3, -0.25) is 9.59 Å². The van der Waals surface area contributed by atoms with E-state index in [4.69, 9.17) is 4.74 Å². The monoisotopic (exact) mass is 533 g/mol. The van der Waals surface area contributed by atoms with E-state index >= 15 is 0 Å². The summed E-state index contributed by atoms with van der Waals surface area (Å²) in [5.74, 6) is -0.279. The maximum atomic E-state index is 13.7. The Morgan fingerprint density at radius 3 is 2.29 bits per heavy atom. The van der Waals surface area contributed by atoms with Crippen molar-refractivity contribution in [3.8, 4) is 5.75 Å². The quantitative estimate of drug-likeness (QED) is 0.523. The summed E-state index contributed by atoms with van der Waals surface area (Å²) < 4.78 is 33.6. The van der Waals surface area contributed by atoms with E-state index in [1.807, 2.05) is 49.4 Å². The summed E-state index contributed by atoms with van der Waals surface area (Å²) in [5.41, 5.74) is 2.59. The summed E-state index contributed by atoms with van der Waals surface area (Å²) in [4.78, 5) is 28.6. The zero-order valence-corrected chi connectivity index (χ0v) is 22.1. The van der Waals surface area contributed by atoms with Crippen LogP contribution < -0.4 is 15.0 Å². The van der Waals surface area contributed by atoms with Crippen molar-refractivity contribution in [2.75, 3.05) is 24.5 Å². The molecule has 38 heavy (non-hydrogen) atoms. The SMILES string of the molecule is Cc1ccc(S(=O)(=O)N2CCC(C(=O)N3C[C@H](C(=O)NCc4ccccc4)Oc4ccccc43)CC2)cc1. The van der Waals surface area contributed by atoms with Crippen molar-refractivity contribution in [3.63, 3.8) is 0 Å². The van der Waals surface area contributed by atoms with Gasteiger partial charge >= 0.3 is 0 Å². The van der Waals surface area contributed by atoms with Gasteiger partial charge in [0, 0.05) is 25.6 Å². The fourth-order valence-electron chi connectivity index (χ4n) is 4.90. The minimum atomic E-state index is -3.62. The van der Waals surface area contributed by atoms with Crippen LogP contribution in [0.2, 0.25) is 0 Å². The van der Waals surface area contributed by atoms with Crippen molar-refractivity contribution >= 4 is 27.5 Å². The molecule has 0 radical (unpaired) electrons. The molecule has 0 aliphatic carbocycles. The molecule has 9 heteroatoms. The number of aryl methyl sites for hydroxylation is 1. The highest BCUT2D eigenvalue weighted by atomic mass is 32.2. The number of carbonyl (C=O) groups excluding carboxylic acids is 2. The summed E-state index contributed by atoms with van der Waals surface area (Å²) in [6.07, 6.45) is -0.0256. The lowest BCUT2D eigenvalue weighted by Gasteiger charge is -2.38. The van der Waals surface area contributed by atoms with Crippen LogP contribution in [0.25, 0.3) is 0 Å². The minimum Gasteiger partial charge on any atom is -0.477 e. The van der Waals surface area contributed by atoms with Gasteiger partial charge in [-0.2, -0.15) is 4.31 Å². The molecule has 5 rings (SSSR count). The lowest BCUT2D eigenvalue weighted by molar-refractivity contribution is -0.129. The lowest BCUT2D eigenvalue weighted by Crippen LogP contribution is -2.53. The molecule has 1 N–H and O–H groups in total. The summed E-state index contributed by atoms with van der Waals surface area (Å²) in [6.45, 7) is 2.90. The third-order valence-corrected chi connectivity index (χ3v) is 9.02. The van der Waals surface area contributed by atoms with E-state index < -0.39 is 16.1 Å². The van der Waals surface area contributed by atoms with Crippen molar-refractivity contribution in [3.05, 3.63) is 90.0 Å². The second-order valence-electron chi connectivity index (χ2n) is 9.72. The Bertz CT molecular complexity index is 1400. The van der Waals surface area contributed by atoms with Crippen LogP contribution >= 0.6 is 0 Å². The van der Waals surface area contributed by atoms with Crippen molar-refractivity contribution in [1.29, 1.82) is 0 Å². The molecule has 0 bridgehead atoms. The average Bonchev–Trinajstić information content (AvgIpc) is 2.95. The van der Waals surface area contributed by atoms with Crippen LogP contribution in [0.4, 0.5) is 5.69 Å². The number of nitrogens with zero attached hydrogens (tertiary/aromatic N) is 2. The predicted molar refractivity (Wildman–Crippen MR) is 144 cm³/mol. The molecule has 1 atom stereocenters. The number of anilines is 1. The van der Waals surface area contributed by atoms with Gasteiger partial charge in [-0.05, 0) is 49.6 Å². The lowest BCUT2D eigenvalue weighted by atomic mass is 9.95. The number of hydrogen-bond acceptors (Lipinski definition) is 5. The fourth-order valence-corrected chi connectivity index (χ4v) is 6.37. The van der Waals surface area contributed by atoms with Gasteiger partial charge in [0.25, 0.3) is 5.91 Å². The molecule has 1 saturated heterocycles. The standard InChI is InChI=1S/C29H31N3O5S/c1-21-11-13-24(14-12-21)38(35,36)31-17-15-23(16-18-31)29(34)32-20-27(37-26-10-6-5-9-25(26)32)28(33)30-19-22-7-3-2-4-8-22/h2-14,23,27H,15-20H2,1H3,(H,30,33)/t27-/m1/s1. The zero-order chi connectivity index (χ0) is 26.7. The second-order valence-corrected chi connectivity index (χ2v) is 11.7. The first-order valence-electron chi connectivity index (χ1n) is 12.8. The highest BCUT2D eigenvalue weighted by Gasteiger charge is 2.39. The molecule has 3 aromatic carbocycles. The zero-order valence-electron chi connectivity index (χ0n) is 21.2. The molecule has 2 aliphatic rings. The topological polar surface area (TPSA) is 96.0 Å². The predicted octanol–water partition coefficient (Wildman–Crippen LogP) is 3.51. The number of ether oxygens (including phenoxy) is 1. The van der Waals surface area contributed by atoms with Crippen LogP contribution in [0.5, 0.6) is 5.75 Å². The van der Waals surface area contributed by atoms with Crippen molar-refractivity contribution in [2.24, 2.45) is 5.92 Å². The first-order chi connectivity index (χ1) is 18.3. The van der Waals surface area contributed by atoms with Gasteiger partial charge in [0.05, 0.1) is 17.1 Å². The van der Waals surface area contributed by atoms with Crippen molar-refractivity contribution in [2.45, 2.75) is 37.3 Å². The molecule has 198 valence electrons. The van der Waals surface area contributed by atoms with E-state index in [0.29, 0.717) is 30.8 Å². The van der Waals surface area contributed by atoms with Crippen LogP contribution in [-0.2, 0) is 26.2 Å². The molecule has 0 unspecified atom stereocenters. The maximum Gasteiger partial charge on any atom is 0.263 e. The summed E-state index contributed by atoms with van der Waals surface area (Å²) >= 11 is 0. The normalized spacial score (nSPS) is 18.3. The molecule has 2 heterocycles. The number of sulfonamides is 1. The van der Waals surface area contributed by atoms with Gasteiger partial charge in [0.15, 0.2) is 6.10 Å². The van der Waals surface area contributed by atoms with Gasteiger partial charge in [0.2, 0.25) is 15.9 Å². The van der Waals surface area contributed by atoms with Crippen molar-refractivity contribution < 1.29 is 22.7 Å².